The van der Waals surface area contributed by atoms with E-state index in [1.165, 1.54) is 7.11 Å². The number of ether oxygens (including phenoxy) is 2. The summed E-state index contributed by atoms with van der Waals surface area (Å²) >= 11 is 0. The van der Waals surface area contributed by atoms with Gasteiger partial charge >= 0.3 is 11.9 Å². The van der Waals surface area contributed by atoms with Crippen LogP contribution < -0.4 is 0 Å². The Morgan fingerprint density at radius 1 is 1.43 bits per heavy atom. The second-order valence-electron chi connectivity index (χ2n) is 3.13. The Kier molecular flexibility index (Phi) is 5.60. The number of carbonyl (C=O) groups excluding carboxylic acids is 2. The van der Waals surface area contributed by atoms with Crippen molar-refractivity contribution >= 4 is 11.9 Å². The molecule has 0 aromatic heterocycles. The van der Waals surface area contributed by atoms with E-state index in [1.54, 1.807) is 13.8 Å². The largest absolute Gasteiger partial charge is 0.469 e. The Morgan fingerprint density at radius 3 is 2.43 bits per heavy atom. The van der Waals surface area contributed by atoms with Gasteiger partial charge in [-0.3, -0.25) is 4.79 Å². The highest BCUT2D eigenvalue weighted by Gasteiger charge is 2.13. The average molecular weight is 200 g/mol. The van der Waals surface area contributed by atoms with Crippen LogP contribution in [0.3, 0.4) is 0 Å². The van der Waals surface area contributed by atoms with Gasteiger partial charge in [0.25, 0.3) is 0 Å². The van der Waals surface area contributed by atoms with Crippen LogP contribution in [-0.2, 0) is 19.1 Å². The zero-order valence-corrected chi connectivity index (χ0v) is 8.83. The molecule has 0 fully saturated rings. The van der Waals surface area contributed by atoms with Crippen LogP contribution in [-0.4, -0.2) is 25.7 Å². The summed E-state index contributed by atoms with van der Waals surface area (Å²) in [5, 5.41) is 0. The maximum atomic E-state index is 10.9. The topological polar surface area (TPSA) is 52.6 Å². The van der Waals surface area contributed by atoms with Gasteiger partial charge in [0.15, 0.2) is 0 Å². The minimum absolute atomic E-state index is 0.210. The molecular formula is C10H16O4. The normalized spacial score (nSPS) is 11.6. The monoisotopic (exact) mass is 200 g/mol. The standard InChI is InChI=1S/C10H16O4/c1-7(2)9(11)14-6-5-8(3)10(12)13-4/h8H,1,5-6H2,2-4H3. The molecule has 4 nitrogen and oxygen atoms in total. The minimum atomic E-state index is -0.429. The summed E-state index contributed by atoms with van der Waals surface area (Å²) in [7, 11) is 1.33. The summed E-state index contributed by atoms with van der Waals surface area (Å²) in [6, 6.07) is 0. The molecule has 0 rings (SSSR count). The maximum absolute atomic E-state index is 10.9. The highest BCUT2D eigenvalue weighted by atomic mass is 16.5. The third-order valence-electron chi connectivity index (χ3n) is 1.74. The van der Waals surface area contributed by atoms with E-state index in [4.69, 9.17) is 4.74 Å². The molecule has 0 saturated carbocycles. The van der Waals surface area contributed by atoms with E-state index < -0.39 is 5.97 Å². The van der Waals surface area contributed by atoms with Crippen molar-refractivity contribution < 1.29 is 19.1 Å². The molecule has 1 atom stereocenters. The van der Waals surface area contributed by atoms with Gasteiger partial charge in [-0.15, -0.1) is 0 Å². The Bertz CT molecular complexity index is 232. The molecular weight excluding hydrogens is 184 g/mol. The van der Waals surface area contributed by atoms with Gasteiger partial charge in [0.1, 0.15) is 0 Å². The van der Waals surface area contributed by atoms with Gasteiger partial charge in [-0.1, -0.05) is 13.5 Å². The fraction of sp³-hybridized carbons (Fsp3) is 0.600. The number of hydrogen-bond donors (Lipinski definition) is 0. The molecule has 0 amide bonds. The third kappa shape index (κ3) is 4.64. The molecule has 0 bridgehead atoms. The van der Waals surface area contributed by atoms with Crippen molar-refractivity contribution in [1.29, 1.82) is 0 Å². The molecule has 0 aromatic carbocycles. The highest BCUT2D eigenvalue weighted by Crippen LogP contribution is 2.04. The van der Waals surface area contributed by atoms with Crippen LogP contribution in [0.25, 0.3) is 0 Å². The summed E-state index contributed by atoms with van der Waals surface area (Å²) in [6.45, 7) is 6.95. The van der Waals surface area contributed by atoms with Gasteiger partial charge in [0.05, 0.1) is 19.6 Å². The molecule has 80 valence electrons. The van der Waals surface area contributed by atoms with Gasteiger partial charge in [0, 0.05) is 5.57 Å². The molecule has 1 unspecified atom stereocenters. The van der Waals surface area contributed by atoms with Gasteiger partial charge in [-0.25, -0.2) is 4.79 Å². The quantitative estimate of drug-likeness (QED) is 0.496. The molecule has 0 aliphatic heterocycles. The van der Waals surface area contributed by atoms with Crippen LogP contribution in [0.1, 0.15) is 20.3 Å². The first kappa shape index (κ1) is 12.7. The van der Waals surface area contributed by atoms with Crippen LogP contribution in [0.2, 0.25) is 0 Å². The lowest BCUT2D eigenvalue weighted by Crippen LogP contribution is -2.16. The molecule has 0 aliphatic rings. The smallest absolute Gasteiger partial charge is 0.333 e. The van der Waals surface area contributed by atoms with E-state index in [9.17, 15) is 9.59 Å². The second kappa shape index (κ2) is 6.18. The van der Waals surface area contributed by atoms with Gasteiger partial charge in [0.2, 0.25) is 0 Å². The first-order valence-electron chi connectivity index (χ1n) is 4.39. The number of esters is 2. The predicted molar refractivity (Wildman–Crippen MR) is 51.6 cm³/mol. The molecule has 0 heterocycles. The van der Waals surface area contributed by atoms with Crippen LogP contribution >= 0.6 is 0 Å². The molecule has 0 N–H and O–H groups in total. The zero-order valence-electron chi connectivity index (χ0n) is 8.83. The summed E-state index contributed by atoms with van der Waals surface area (Å²) in [5.74, 6) is -0.976. The number of methoxy groups -OCH3 is 1. The summed E-state index contributed by atoms with van der Waals surface area (Å²) < 4.78 is 9.34. The van der Waals surface area contributed by atoms with Crippen LogP contribution in [0.15, 0.2) is 12.2 Å². The Labute approximate surface area is 83.9 Å². The Hall–Kier alpha value is -1.32. The van der Waals surface area contributed by atoms with Crippen molar-refractivity contribution in [3.63, 3.8) is 0 Å². The third-order valence-corrected chi connectivity index (χ3v) is 1.74. The summed E-state index contributed by atoms with van der Waals surface area (Å²) in [5.41, 5.74) is 0.357. The number of hydrogen-bond acceptors (Lipinski definition) is 4. The molecule has 0 aliphatic carbocycles. The fourth-order valence-electron chi connectivity index (χ4n) is 0.771. The first-order chi connectivity index (χ1) is 6.49. The number of rotatable bonds is 5. The lowest BCUT2D eigenvalue weighted by molar-refractivity contribution is -0.147. The van der Waals surface area contributed by atoms with Gasteiger partial charge < -0.3 is 9.47 Å². The van der Waals surface area contributed by atoms with E-state index in [1.807, 2.05) is 0 Å². The first-order valence-corrected chi connectivity index (χ1v) is 4.39. The van der Waals surface area contributed by atoms with Crippen molar-refractivity contribution in [3.05, 3.63) is 12.2 Å². The van der Waals surface area contributed by atoms with Crippen molar-refractivity contribution in [2.45, 2.75) is 20.3 Å². The van der Waals surface area contributed by atoms with Gasteiger partial charge in [-0.05, 0) is 13.3 Å². The molecule has 0 radical (unpaired) electrons. The van der Waals surface area contributed by atoms with E-state index in [0.717, 1.165) is 0 Å². The molecule has 0 spiro atoms. The Morgan fingerprint density at radius 2 is 2.00 bits per heavy atom. The van der Waals surface area contributed by atoms with E-state index in [2.05, 4.69) is 11.3 Å². The Balaban J connectivity index is 3.69. The summed E-state index contributed by atoms with van der Waals surface area (Å²) in [4.78, 5) is 21.9. The van der Waals surface area contributed by atoms with Crippen molar-refractivity contribution in [1.82, 2.24) is 0 Å². The van der Waals surface area contributed by atoms with E-state index in [-0.39, 0.29) is 18.5 Å². The molecule has 0 aromatic rings. The van der Waals surface area contributed by atoms with Gasteiger partial charge in [-0.2, -0.15) is 0 Å². The van der Waals surface area contributed by atoms with Crippen LogP contribution in [0, 0.1) is 5.92 Å². The van der Waals surface area contributed by atoms with E-state index >= 15 is 0 Å². The maximum Gasteiger partial charge on any atom is 0.333 e. The molecule has 4 heteroatoms. The van der Waals surface area contributed by atoms with E-state index in [0.29, 0.717) is 12.0 Å². The van der Waals surface area contributed by atoms with Crippen molar-refractivity contribution in [3.8, 4) is 0 Å². The summed E-state index contributed by atoms with van der Waals surface area (Å²) in [6.07, 6.45) is 0.464. The number of carbonyl (C=O) groups is 2. The van der Waals surface area contributed by atoms with Crippen molar-refractivity contribution in [2.75, 3.05) is 13.7 Å². The second-order valence-corrected chi connectivity index (χ2v) is 3.13. The van der Waals surface area contributed by atoms with Crippen LogP contribution in [0.5, 0.6) is 0 Å². The molecule has 14 heavy (non-hydrogen) atoms. The fourth-order valence-corrected chi connectivity index (χ4v) is 0.771. The van der Waals surface area contributed by atoms with Crippen molar-refractivity contribution in [2.24, 2.45) is 5.92 Å². The SMILES string of the molecule is C=C(C)C(=O)OCCC(C)C(=O)OC. The highest BCUT2D eigenvalue weighted by molar-refractivity contribution is 5.86. The lowest BCUT2D eigenvalue weighted by Gasteiger charge is -2.09. The lowest BCUT2D eigenvalue weighted by atomic mass is 10.1. The predicted octanol–water partition coefficient (Wildman–Crippen LogP) is 1.30. The average Bonchev–Trinajstić information content (AvgIpc) is 2.15. The van der Waals surface area contributed by atoms with Crippen LogP contribution in [0.4, 0.5) is 0 Å². The zero-order chi connectivity index (χ0) is 11.1. The molecule has 0 saturated heterocycles. The minimum Gasteiger partial charge on any atom is -0.469 e.